The molecule has 0 aliphatic heterocycles. The van der Waals surface area contributed by atoms with Gasteiger partial charge in [-0.2, -0.15) is 0 Å². The minimum Gasteiger partial charge on any atom is -0.491 e. The lowest BCUT2D eigenvalue weighted by molar-refractivity contribution is 0.239. The summed E-state index contributed by atoms with van der Waals surface area (Å²) in [4.78, 5) is 0. The lowest BCUT2D eigenvalue weighted by Crippen LogP contribution is -2.08. The van der Waals surface area contributed by atoms with E-state index in [9.17, 15) is 0 Å². The summed E-state index contributed by atoms with van der Waals surface area (Å²) in [6, 6.07) is 6.04. The Kier molecular flexibility index (Phi) is 3.99. The standard InChI is InChI=1S/C12H16BrO/c1-8(2)11-7-10(13)5-6-12(11)14-9(3)4/h5-9H,1H2,2-4H3. The second-order valence-corrected chi connectivity index (χ2v) is 4.67. The Morgan fingerprint density at radius 2 is 1.93 bits per heavy atom. The zero-order valence-corrected chi connectivity index (χ0v) is 10.5. The normalized spacial score (nSPS) is 11.1. The van der Waals surface area contributed by atoms with E-state index < -0.39 is 0 Å². The van der Waals surface area contributed by atoms with Gasteiger partial charge in [-0.3, -0.25) is 0 Å². The molecule has 0 bridgehead atoms. The van der Waals surface area contributed by atoms with Gasteiger partial charge in [-0.15, -0.1) is 0 Å². The Morgan fingerprint density at radius 3 is 2.43 bits per heavy atom. The smallest absolute Gasteiger partial charge is 0.123 e. The molecule has 1 unspecified atom stereocenters. The molecule has 0 heterocycles. The number of rotatable bonds is 3. The number of halogens is 1. The molecule has 1 rings (SSSR count). The highest BCUT2D eigenvalue weighted by molar-refractivity contribution is 9.10. The van der Waals surface area contributed by atoms with Crippen molar-refractivity contribution in [2.75, 3.05) is 0 Å². The van der Waals surface area contributed by atoms with Gasteiger partial charge in [-0.1, -0.05) is 22.9 Å². The minimum absolute atomic E-state index is 0.202. The number of hydrogen-bond acceptors (Lipinski definition) is 1. The third kappa shape index (κ3) is 3.02. The van der Waals surface area contributed by atoms with Gasteiger partial charge in [-0.25, -0.2) is 0 Å². The SMILES string of the molecule is [CH2]C(C)c1cc(Br)ccc1OC(C)C. The van der Waals surface area contributed by atoms with Crippen LogP contribution in [0.15, 0.2) is 22.7 Å². The fourth-order valence-corrected chi connectivity index (χ4v) is 1.64. The first kappa shape index (κ1) is 11.6. The van der Waals surface area contributed by atoms with Crippen LogP contribution in [0.25, 0.3) is 0 Å². The molecule has 0 saturated heterocycles. The van der Waals surface area contributed by atoms with Gasteiger partial charge in [0.1, 0.15) is 5.75 Å². The van der Waals surface area contributed by atoms with Crippen molar-refractivity contribution in [3.8, 4) is 5.75 Å². The summed E-state index contributed by atoms with van der Waals surface area (Å²) in [5, 5.41) is 0. The fourth-order valence-electron chi connectivity index (χ4n) is 1.27. The van der Waals surface area contributed by atoms with Gasteiger partial charge in [0.25, 0.3) is 0 Å². The first-order valence-corrected chi connectivity index (χ1v) is 5.59. The van der Waals surface area contributed by atoms with Crippen molar-refractivity contribution in [3.05, 3.63) is 35.2 Å². The average Bonchev–Trinajstić information content (AvgIpc) is 2.07. The van der Waals surface area contributed by atoms with Crippen LogP contribution in [-0.2, 0) is 0 Å². The van der Waals surface area contributed by atoms with Gasteiger partial charge in [-0.05, 0) is 50.5 Å². The minimum atomic E-state index is 0.202. The molecule has 0 N–H and O–H groups in total. The highest BCUT2D eigenvalue weighted by Gasteiger charge is 2.09. The molecule has 0 amide bonds. The van der Waals surface area contributed by atoms with Gasteiger partial charge in [0.05, 0.1) is 6.10 Å². The second-order valence-electron chi connectivity index (χ2n) is 3.75. The van der Waals surface area contributed by atoms with Crippen molar-refractivity contribution in [1.82, 2.24) is 0 Å². The summed E-state index contributed by atoms with van der Waals surface area (Å²) in [5.74, 6) is 1.17. The lowest BCUT2D eigenvalue weighted by Gasteiger charge is -2.16. The quantitative estimate of drug-likeness (QED) is 0.788. The molecule has 2 heteroatoms. The molecule has 0 saturated carbocycles. The molecule has 14 heavy (non-hydrogen) atoms. The van der Waals surface area contributed by atoms with E-state index in [0.29, 0.717) is 0 Å². The van der Waals surface area contributed by atoms with Crippen LogP contribution in [-0.4, -0.2) is 6.10 Å². The molecule has 1 aromatic carbocycles. The summed E-state index contributed by atoms with van der Waals surface area (Å²) in [5.41, 5.74) is 1.15. The molecular weight excluding hydrogens is 240 g/mol. The second kappa shape index (κ2) is 4.83. The van der Waals surface area contributed by atoms with E-state index in [2.05, 4.69) is 35.8 Å². The van der Waals surface area contributed by atoms with Crippen molar-refractivity contribution in [3.63, 3.8) is 0 Å². The van der Waals surface area contributed by atoms with E-state index in [4.69, 9.17) is 4.74 Å². The molecule has 1 atom stereocenters. The monoisotopic (exact) mass is 255 g/mol. The third-order valence-electron chi connectivity index (χ3n) is 1.87. The molecule has 0 spiro atoms. The van der Waals surface area contributed by atoms with Gasteiger partial charge in [0.15, 0.2) is 0 Å². The van der Waals surface area contributed by atoms with Gasteiger partial charge in [0.2, 0.25) is 0 Å². The predicted molar refractivity (Wildman–Crippen MR) is 63.7 cm³/mol. The van der Waals surface area contributed by atoms with Gasteiger partial charge >= 0.3 is 0 Å². The highest BCUT2D eigenvalue weighted by Crippen LogP contribution is 2.29. The molecule has 77 valence electrons. The van der Waals surface area contributed by atoms with E-state index in [1.54, 1.807) is 0 Å². The highest BCUT2D eigenvalue weighted by atomic mass is 79.9. The van der Waals surface area contributed by atoms with Crippen LogP contribution in [0.1, 0.15) is 32.3 Å². The van der Waals surface area contributed by atoms with Crippen LogP contribution in [0, 0.1) is 6.92 Å². The zero-order chi connectivity index (χ0) is 10.7. The van der Waals surface area contributed by atoms with Crippen LogP contribution in [0.3, 0.4) is 0 Å². The van der Waals surface area contributed by atoms with Crippen molar-refractivity contribution in [2.24, 2.45) is 0 Å². The number of ether oxygens (including phenoxy) is 1. The summed E-state index contributed by atoms with van der Waals surface area (Å²) < 4.78 is 6.77. The summed E-state index contributed by atoms with van der Waals surface area (Å²) in [7, 11) is 0. The maximum Gasteiger partial charge on any atom is 0.123 e. The summed E-state index contributed by atoms with van der Waals surface area (Å²) in [6.45, 7) is 10.1. The van der Waals surface area contributed by atoms with E-state index in [1.165, 1.54) is 0 Å². The average molecular weight is 256 g/mol. The predicted octanol–water partition coefficient (Wildman–Crippen LogP) is 4.17. The Hall–Kier alpha value is -0.500. The Morgan fingerprint density at radius 1 is 1.29 bits per heavy atom. The Bertz CT molecular complexity index is 305. The maximum atomic E-state index is 5.70. The molecule has 1 nitrogen and oxygen atoms in total. The lowest BCUT2D eigenvalue weighted by atomic mass is 10.0. The van der Waals surface area contributed by atoms with Crippen LogP contribution in [0.4, 0.5) is 0 Å². The van der Waals surface area contributed by atoms with Crippen LogP contribution in [0.2, 0.25) is 0 Å². The van der Waals surface area contributed by atoms with E-state index in [-0.39, 0.29) is 12.0 Å². The zero-order valence-electron chi connectivity index (χ0n) is 8.88. The maximum absolute atomic E-state index is 5.70. The van der Waals surface area contributed by atoms with E-state index >= 15 is 0 Å². The van der Waals surface area contributed by atoms with Crippen LogP contribution >= 0.6 is 15.9 Å². The summed E-state index contributed by atoms with van der Waals surface area (Å²) in [6.07, 6.45) is 0.202. The first-order valence-electron chi connectivity index (χ1n) is 4.80. The topological polar surface area (TPSA) is 9.23 Å². The first-order chi connectivity index (χ1) is 6.50. The Labute approximate surface area is 94.6 Å². The van der Waals surface area contributed by atoms with Crippen LogP contribution < -0.4 is 4.74 Å². The third-order valence-corrected chi connectivity index (χ3v) is 2.36. The molecule has 0 aliphatic carbocycles. The van der Waals surface area contributed by atoms with E-state index in [0.717, 1.165) is 15.8 Å². The van der Waals surface area contributed by atoms with Crippen molar-refractivity contribution < 1.29 is 4.74 Å². The number of benzene rings is 1. The molecule has 0 aromatic heterocycles. The van der Waals surface area contributed by atoms with E-state index in [1.807, 2.05) is 26.0 Å². The van der Waals surface area contributed by atoms with Gasteiger partial charge < -0.3 is 4.74 Å². The fraction of sp³-hybridized carbons (Fsp3) is 0.417. The number of hydrogen-bond donors (Lipinski definition) is 0. The molecule has 0 fully saturated rings. The van der Waals surface area contributed by atoms with Crippen molar-refractivity contribution in [2.45, 2.75) is 32.8 Å². The Balaban J connectivity index is 3.02. The van der Waals surface area contributed by atoms with Crippen LogP contribution in [0.5, 0.6) is 5.75 Å². The molecule has 1 aromatic rings. The summed E-state index contributed by atoms with van der Waals surface area (Å²) >= 11 is 3.45. The van der Waals surface area contributed by atoms with Crippen molar-refractivity contribution >= 4 is 15.9 Å². The molecule has 1 radical (unpaired) electrons. The van der Waals surface area contributed by atoms with Crippen molar-refractivity contribution in [1.29, 1.82) is 0 Å². The van der Waals surface area contributed by atoms with Gasteiger partial charge in [0, 0.05) is 4.47 Å². The largest absolute Gasteiger partial charge is 0.491 e. The molecule has 0 aliphatic rings. The molecular formula is C12H16BrO.